The number of nitrogens with two attached hydrogens (primary N) is 1. The molecule has 0 radical (unpaired) electrons. The van der Waals surface area contributed by atoms with E-state index in [-0.39, 0.29) is 11.7 Å². The molecule has 0 saturated heterocycles. The maximum Gasteiger partial charge on any atom is 0.255 e. The van der Waals surface area contributed by atoms with Crippen molar-refractivity contribution in [3.8, 4) is 5.75 Å². The number of pyridine rings is 1. The minimum atomic E-state index is -0.565. The maximum absolute atomic E-state index is 12.7. The minimum Gasteiger partial charge on any atom is -0.508 e. The van der Waals surface area contributed by atoms with Crippen molar-refractivity contribution in [1.82, 2.24) is 9.97 Å². The molecule has 4 aromatic rings. The Hall–Kier alpha value is -4.39. The van der Waals surface area contributed by atoms with E-state index in [1.807, 2.05) is 18.2 Å². The molecular formula is C23H18N4O3. The molecular weight excluding hydrogens is 380 g/mol. The van der Waals surface area contributed by atoms with Crippen molar-refractivity contribution >= 4 is 40.2 Å². The van der Waals surface area contributed by atoms with Crippen molar-refractivity contribution in [2.45, 2.75) is 0 Å². The summed E-state index contributed by atoms with van der Waals surface area (Å²) >= 11 is 0. The number of phenolic OH excluding ortho intramolecular Hbond substituents is 1. The molecule has 30 heavy (non-hydrogen) atoms. The molecule has 0 spiro atoms. The van der Waals surface area contributed by atoms with E-state index in [0.717, 1.165) is 0 Å². The van der Waals surface area contributed by atoms with E-state index in [2.05, 4.69) is 15.3 Å². The van der Waals surface area contributed by atoms with Crippen molar-refractivity contribution in [3.05, 3.63) is 89.7 Å². The number of nitrogens with zero attached hydrogens (tertiary/aromatic N) is 1. The van der Waals surface area contributed by atoms with Crippen LogP contribution >= 0.6 is 0 Å². The summed E-state index contributed by atoms with van der Waals surface area (Å²) in [5, 5.41) is 13.1. The zero-order chi connectivity index (χ0) is 21.1. The number of primary amides is 1. The van der Waals surface area contributed by atoms with Gasteiger partial charge in [0.15, 0.2) is 0 Å². The molecule has 7 heteroatoms. The molecule has 2 heterocycles. The molecule has 2 aromatic heterocycles. The fraction of sp³-hybridized carbons (Fsp3) is 0. The summed E-state index contributed by atoms with van der Waals surface area (Å²) in [6.07, 6.45) is 4.94. The van der Waals surface area contributed by atoms with Crippen molar-refractivity contribution in [2.75, 3.05) is 5.32 Å². The van der Waals surface area contributed by atoms with Gasteiger partial charge in [0.25, 0.3) is 5.91 Å². The fourth-order valence-electron chi connectivity index (χ4n) is 3.21. The van der Waals surface area contributed by atoms with Gasteiger partial charge in [-0.05, 0) is 35.9 Å². The van der Waals surface area contributed by atoms with Crippen molar-refractivity contribution in [2.24, 2.45) is 5.73 Å². The predicted molar refractivity (Wildman–Crippen MR) is 116 cm³/mol. The number of aromatic nitrogens is 2. The molecule has 7 nitrogen and oxygen atoms in total. The van der Waals surface area contributed by atoms with Gasteiger partial charge in [0.05, 0.1) is 5.69 Å². The number of anilines is 1. The van der Waals surface area contributed by atoms with Crippen LogP contribution in [0.1, 0.15) is 21.5 Å². The monoisotopic (exact) mass is 398 g/mol. The summed E-state index contributed by atoms with van der Waals surface area (Å²) in [4.78, 5) is 32.1. The Morgan fingerprint density at radius 2 is 1.80 bits per heavy atom. The van der Waals surface area contributed by atoms with Crippen LogP contribution in [0, 0.1) is 0 Å². The van der Waals surface area contributed by atoms with Gasteiger partial charge in [-0.25, -0.2) is 4.98 Å². The van der Waals surface area contributed by atoms with Crippen LogP contribution in [-0.2, 0) is 4.79 Å². The number of hydrogen-bond acceptors (Lipinski definition) is 4. The first-order valence-corrected chi connectivity index (χ1v) is 9.16. The topological polar surface area (TPSA) is 121 Å². The lowest BCUT2D eigenvalue weighted by Gasteiger charge is -2.08. The maximum atomic E-state index is 12.7. The number of carbonyl (C=O) groups is 2. The lowest BCUT2D eigenvalue weighted by molar-refractivity contribution is -0.112. The van der Waals surface area contributed by atoms with Gasteiger partial charge in [-0.2, -0.15) is 0 Å². The quantitative estimate of drug-likeness (QED) is 0.384. The summed E-state index contributed by atoms with van der Waals surface area (Å²) in [6, 6.07) is 16.8. The Kier molecular flexibility index (Phi) is 5.00. The van der Waals surface area contributed by atoms with E-state index >= 15 is 0 Å². The Morgan fingerprint density at radius 3 is 2.53 bits per heavy atom. The van der Waals surface area contributed by atoms with Crippen LogP contribution in [0.5, 0.6) is 5.75 Å². The molecule has 2 amide bonds. The molecule has 4 rings (SSSR count). The molecule has 148 valence electrons. The highest BCUT2D eigenvalue weighted by Crippen LogP contribution is 2.29. The highest BCUT2D eigenvalue weighted by molar-refractivity contribution is 6.24. The number of hydrogen-bond donors (Lipinski definition) is 4. The SMILES string of the molecule is NC(=O)C(=Cc1c[nH]c2nccc(NC(=O)c3cccc(O)c3)c12)c1ccccc1. The third kappa shape index (κ3) is 3.77. The highest BCUT2D eigenvalue weighted by Gasteiger charge is 2.15. The van der Waals surface area contributed by atoms with E-state index in [1.54, 1.807) is 48.8 Å². The molecule has 0 aliphatic rings. The first kappa shape index (κ1) is 18.9. The average molecular weight is 398 g/mol. The van der Waals surface area contributed by atoms with Crippen molar-refractivity contribution in [3.63, 3.8) is 0 Å². The standard InChI is InChI=1S/C23H18N4O3/c24-21(29)18(14-5-2-1-3-6-14)12-16-13-26-22-20(16)19(9-10-25-22)27-23(30)15-7-4-8-17(28)11-15/h1-13,28H,(H2,24,29)(H2,25,26,27,30). The number of carbonyl (C=O) groups excluding carboxylic acids is 2. The van der Waals surface area contributed by atoms with Crippen LogP contribution in [-0.4, -0.2) is 26.9 Å². The summed E-state index contributed by atoms with van der Waals surface area (Å²) in [5.74, 6) is -0.945. The van der Waals surface area contributed by atoms with E-state index in [1.165, 1.54) is 12.1 Å². The van der Waals surface area contributed by atoms with Gasteiger partial charge in [-0.15, -0.1) is 0 Å². The number of fused-ring (bicyclic) bond motifs is 1. The summed E-state index contributed by atoms with van der Waals surface area (Å²) in [5.41, 5.74) is 8.67. The molecule has 0 bridgehead atoms. The lowest BCUT2D eigenvalue weighted by Crippen LogP contribution is -2.13. The van der Waals surface area contributed by atoms with Gasteiger partial charge in [0.1, 0.15) is 11.4 Å². The van der Waals surface area contributed by atoms with Gasteiger partial charge in [-0.1, -0.05) is 36.4 Å². The third-order valence-electron chi connectivity index (χ3n) is 4.61. The largest absolute Gasteiger partial charge is 0.508 e. The normalized spacial score (nSPS) is 11.4. The van der Waals surface area contributed by atoms with Gasteiger partial charge in [0.2, 0.25) is 5.91 Å². The fourth-order valence-corrected chi connectivity index (χ4v) is 3.21. The predicted octanol–water partition coefficient (Wildman–Crippen LogP) is 3.55. The zero-order valence-corrected chi connectivity index (χ0v) is 15.8. The first-order chi connectivity index (χ1) is 14.5. The summed E-state index contributed by atoms with van der Waals surface area (Å²) in [6.45, 7) is 0. The Morgan fingerprint density at radius 1 is 1.03 bits per heavy atom. The highest BCUT2D eigenvalue weighted by atomic mass is 16.3. The molecule has 0 fully saturated rings. The number of rotatable bonds is 5. The second kappa shape index (κ2) is 7.92. The Balaban J connectivity index is 1.78. The Bertz CT molecular complexity index is 1280. The van der Waals surface area contributed by atoms with Crippen molar-refractivity contribution in [1.29, 1.82) is 0 Å². The van der Waals surface area contributed by atoms with Crippen molar-refractivity contribution < 1.29 is 14.7 Å². The summed E-state index contributed by atoms with van der Waals surface area (Å²) in [7, 11) is 0. The van der Waals surface area contributed by atoms with Gasteiger partial charge >= 0.3 is 0 Å². The second-order valence-electron chi connectivity index (χ2n) is 6.62. The molecule has 0 unspecified atom stereocenters. The molecule has 5 N–H and O–H groups in total. The Labute approximate surface area is 171 Å². The smallest absolute Gasteiger partial charge is 0.255 e. The van der Waals surface area contributed by atoms with Crippen LogP contribution in [0.3, 0.4) is 0 Å². The molecule has 0 aliphatic heterocycles. The van der Waals surface area contributed by atoms with E-state index < -0.39 is 5.91 Å². The number of aromatic hydroxyl groups is 1. The number of amides is 2. The van der Waals surface area contributed by atoms with Gasteiger partial charge in [0, 0.05) is 34.5 Å². The number of H-pyrrole nitrogens is 1. The number of nitrogens with one attached hydrogen (secondary N) is 2. The van der Waals surface area contributed by atoms with E-state index in [4.69, 9.17) is 5.73 Å². The number of aromatic amines is 1. The third-order valence-corrected chi connectivity index (χ3v) is 4.61. The first-order valence-electron chi connectivity index (χ1n) is 9.16. The minimum absolute atomic E-state index is 0.00162. The molecule has 0 atom stereocenters. The molecule has 2 aromatic carbocycles. The van der Waals surface area contributed by atoms with E-state index in [0.29, 0.717) is 39.0 Å². The second-order valence-corrected chi connectivity index (χ2v) is 6.62. The number of phenols is 1. The van der Waals surface area contributed by atoms with Gasteiger partial charge in [-0.3, -0.25) is 9.59 Å². The summed E-state index contributed by atoms with van der Waals surface area (Å²) < 4.78 is 0. The van der Waals surface area contributed by atoms with Crippen LogP contribution in [0.4, 0.5) is 5.69 Å². The zero-order valence-electron chi connectivity index (χ0n) is 15.8. The van der Waals surface area contributed by atoms with Crippen LogP contribution in [0.15, 0.2) is 73.1 Å². The van der Waals surface area contributed by atoms with Crippen LogP contribution in [0.2, 0.25) is 0 Å². The van der Waals surface area contributed by atoms with Crippen LogP contribution < -0.4 is 11.1 Å². The lowest BCUT2D eigenvalue weighted by atomic mass is 10.0. The number of benzene rings is 2. The molecule has 0 aliphatic carbocycles. The van der Waals surface area contributed by atoms with E-state index in [9.17, 15) is 14.7 Å². The average Bonchev–Trinajstić information content (AvgIpc) is 3.16. The molecule has 0 saturated carbocycles. The van der Waals surface area contributed by atoms with Gasteiger partial charge < -0.3 is 21.1 Å². The van der Waals surface area contributed by atoms with Crippen LogP contribution in [0.25, 0.3) is 22.7 Å².